The monoisotopic (exact) mass is 352 g/mol. The molecule has 9 nitrogen and oxygen atoms in total. The second-order valence-corrected chi connectivity index (χ2v) is 5.75. The number of carbonyl (C=O) groups is 2. The summed E-state index contributed by atoms with van der Waals surface area (Å²) in [6.07, 6.45) is 0.886. The molecule has 1 fully saturated rings. The molecule has 1 amide bonds. The van der Waals surface area contributed by atoms with Crippen LogP contribution in [0.4, 0.5) is 10.5 Å². The summed E-state index contributed by atoms with van der Waals surface area (Å²) in [7, 11) is 1.38. The van der Waals surface area contributed by atoms with E-state index >= 15 is 0 Å². The van der Waals surface area contributed by atoms with Crippen molar-refractivity contribution in [3.8, 4) is 11.5 Å². The number of alkyl carbamates (subject to hydrolysis) is 1. The largest absolute Gasteiger partial charge is 0.493 e. The van der Waals surface area contributed by atoms with Crippen LogP contribution in [0.3, 0.4) is 0 Å². The topological polar surface area (TPSA) is 117 Å². The third-order valence-corrected chi connectivity index (χ3v) is 3.86. The molecule has 0 radical (unpaired) electrons. The number of ether oxygens (including phenoxy) is 3. The first kappa shape index (κ1) is 18.5. The van der Waals surface area contributed by atoms with E-state index in [0.717, 1.165) is 6.07 Å². The zero-order chi connectivity index (χ0) is 18.6. The molecular weight excluding hydrogens is 332 g/mol. The SMILES string of the molecule is CCOC(=O)NC1(COc2cc([N+](=O)[O-])c(C(C)=O)cc2OC)CC1. The van der Waals surface area contributed by atoms with Crippen molar-refractivity contribution < 1.29 is 28.7 Å². The molecule has 0 saturated heterocycles. The van der Waals surface area contributed by atoms with Crippen molar-refractivity contribution in [2.75, 3.05) is 20.3 Å². The molecule has 1 saturated carbocycles. The number of Topliss-reactive ketones (excluding diaryl/α,β-unsaturated/α-hetero) is 1. The number of nitrogens with one attached hydrogen (secondary N) is 1. The predicted molar refractivity (Wildman–Crippen MR) is 87.3 cm³/mol. The molecule has 0 atom stereocenters. The van der Waals surface area contributed by atoms with Gasteiger partial charge in [-0.3, -0.25) is 14.9 Å². The lowest BCUT2D eigenvalue weighted by atomic mass is 10.1. The van der Waals surface area contributed by atoms with E-state index in [1.54, 1.807) is 6.92 Å². The van der Waals surface area contributed by atoms with Gasteiger partial charge >= 0.3 is 6.09 Å². The molecule has 1 aliphatic rings. The number of nitrogens with zero attached hydrogens (tertiary/aromatic N) is 1. The zero-order valence-electron chi connectivity index (χ0n) is 14.3. The first-order valence-corrected chi connectivity index (χ1v) is 7.77. The van der Waals surface area contributed by atoms with Gasteiger partial charge in [-0.25, -0.2) is 4.79 Å². The summed E-state index contributed by atoms with van der Waals surface area (Å²) in [6, 6.07) is 2.45. The number of carbonyl (C=O) groups excluding carboxylic acids is 2. The Kier molecular flexibility index (Phi) is 5.45. The zero-order valence-corrected chi connectivity index (χ0v) is 14.3. The van der Waals surface area contributed by atoms with Gasteiger partial charge in [0.05, 0.1) is 35.8 Å². The number of benzene rings is 1. The summed E-state index contributed by atoms with van der Waals surface area (Å²) in [5.74, 6) is -0.0990. The third kappa shape index (κ3) is 4.37. The van der Waals surface area contributed by atoms with Gasteiger partial charge in [0, 0.05) is 6.07 Å². The Bertz CT molecular complexity index is 698. The molecule has 0 spiro atoms. The number of amides is 1. The Morgan fingerprint density at radius 3 is 2.48 bits per heavy atom. The van der Waals surface area contributed by atoms with Crippen molar-refractivity contribution in [1.29, 1.82) is 0 Å². The second-order valence-electron chi connectivity index (χ2n) is 5.75. The molecule has 0 aliphatic heterocycles. The first-order valence-electron chi connectivity index (χ1n) is 7.77. The maximum atomic E-state index is 11.6. The quantitative estimate of drug-likeness (QED) is 0.434. The minimum Gasteiger partial charge on any atom is -0.493 e. The van der Waals surface area contributed by atoms with E-state index in [0.29, 0.717) is 12.8 Å². The van der Waals surface area contributed by atoms with E-state index in [9.17, 15) is 19.7 Å². The lowest BCUT2D eigenvalue weighted by molar-refractivity contribution is -0.385. The molecule has 136 valence electrons. The van der Waals surface area contributed by atoms with Gasteiger partial charge in [-0.15, -0.1) is 0 Å². The van der Waals surface area contributed by atoms with Crippen LogP contribution in [0.1, 0.15) is 37.0 Å². The van der Waals surface area contributed by atoms with Crippen molar-refractivity contribution in [2.24, 2.45) is 0 Å². The summed E-state index contributed by atoms with van der Waals surface area (Å²) >= 11 is 0. The van der Waals surface area contributed by atoms with E-state index in [1.165, 1.54) is 20.1 Å². The van der Waals surface area contributed by atoms with E-state index in [4.69, 9.17) is 14.2 Å². The molecule has 0 aromatic heterocycles. The maximum Gasteiger partial charge on any atom is 0.407 e. The lowest BCUT2D eigenvalue weighted by Gasteiger charge is -2.19. The highest BCUT2D eigenvalue weighted by Crippen LogP contribution is 2.39. The first-order chi connectivity index (χ1) is 11.8. The summed E-state index contributed by atoms with van der Waals surface area (Å²) in [5.41, 5.74) is -0.961. The van der Waals surface area contributed by atoms with Crippen molar-refractivity contribution in [1.82, 2.24) is 5.32 Å². The standard InChI is InChI=1S/C16H20N2O7/c1-4-24-15(20)17-16(5-6-16)9-25-14-8-12(18(21)22)11(10(2)19)7-13(14)23-3/h7-8H,4-6,9H2,1-3H3,(H,17,20). The number of hydrogen-bond donors (Lipinski definition) is 1. The van der Waals surface area contributed by atoms with Crippen LogP contribution in [0.2, 0.25) is 0 Å². The van der Waals surface area contributed by atoms with Crippen LogP contribution in [0.15, 0.2) is 12.1 Å². The number of hydrogen-bond acceptors (Lipinski definition) is 7. The lowest BCUT2D eigenvalue weighted by Crippen LogP contribution is -2.41. The number of nitro benzene ring substituents is 1. The predicted octanol–water partition coefficient (Wildman–Crippen LogP) is 2.46. The minimum atomic E-state index is -0.646. The average Bonchev–Trinajstić information content (AvgIpc) is 3.31. The van der Waals surface area contributed by atoms with Gasteiger partial charge in [0.1, 0.15) is 6.61 Å². The molecule has 2 rings (SSSR count). The molecule has 1 aromatic carbocycles. The number of rotatable bonds is 8. The molecule has 1 N–H and O–H groups in total. The Morgan fingerprint density at radius 1 is 1.32 bits per heavy atom. The van der Waals surface area contributed by atoms with Crippen molar-refractivity contribution >= 4 is 17.6 Å². The van der Waals surface area contributed by atoms with Gasteiger partial charge in [0.25, 0.3) is 5.69 Å². The number of ketones is 1. The average molecular weight is 352 g/mol. The highest BCUT2D eigenvalue weighted by atomic mass is 16.6. The van der Waals surface area contributed by atoms with Gasteiger partial charge in [0.15, 0.2) is 17.3 Å². The fraction of sp³-hybridized carbons (Fsp3) is 0.500. The number of nitro groups is 1. The summed E-state index contributed by atoms with van der Waals surface area (Å²) in [5, 5.41) is 13.9. The molecular formula is C16H20N2O7. The van der Waals surface area contributed by atoms with E-state index < -0.39 is 22.3 Å². The smallest absolute Gasteiger partial charge is 0.407 e. The van der Waals surface area contributed by atoms with Gasteiger partial charge in [-0.1, -0.05) is 0 Å². The minimum absolute atomic E-state index is 0.0556. The molecule has 0 heterocycles. The van der Waals surface area contributed by atoms with E-state index in [-0.39, 0.29) is 36.0 Å². The molecule has 0 bridgehead atoms. The van der Waals surface area contributed by atoms with Gasteiger partial charge in [-0.2, -0.15) is 0 Å². The molecule has 9 heteroatoms. The van der Waals surface area contributed by atoms with Crippen LogP contribution in [0.5, 0.6) is 11.5 Å². The third-order valence-electron chi connectivity index (χ3n) is 3.86. The van der Waals surface area contributed by atoms with Crippen LogP contribution in [0.25, 0.3) is 0 Å². The van der Waals surface area contributed by atoms with Gasteiger partial charge in [-0.05, 0) is 26.7 Å². The Balaban J connectivity index is 2.19. The number of methoxy groups -OCH3 is 1. The van der Waals surface area contributed by atoms with Crippen LogP contribution >= 0.6 is 0 Å². The Hall–Kier alpha value is -2.84. The highest BCUT2D eigenvalue weighted by Gasteiger charge is 2.45. The molecule has 1 aromatic rings. The van der Waals surface area contributed by atoms with Crippen LogP contribution in [0, 0.1) is 10.1 Å². The van der Waals surface area contributed by atoms with Crippen molar-refractivity contribution in [3.63, 3.8) is 0 Å². The molecule has 1 aliphatic carbocycles. The fourth-order valence-corrected chi connectivity index (χ4v) is 2.31. The van der Waals surface area contributed by atoms with Crippen molar-refractivity contribution in [2.45, 2.75) is 32.2 Å². The van der Waals surface area contributed by atoms with Crippen LogP contribution in [-0.4, -0.2) is 42.7 Å². The maximum absolute atomic E-state index is 11.6. The fourth-order valence-electron chi connectivity index (χ4n) is 2.31. The normalized spacial score (nSPS) is 14.4. The molecule has 0 unspecified atom stereocenters. The molecule has 25 heavy (non-hydrogen) atoms. The van der Waals surface area contributed by atoms with Crippen LogP contribution < -0.4 is 14.8 Å². The van der Waals surface area contributed by atoms with Crippen molar-refractivity contribution in [3.05, 3.63) is 27.8 Å². The van der Waals surface area contributed by atoms with Crippen LogP contribution in [-0.2, 0) is 4.74 Å². The van der Waals surface area contributed by atoms with E-state index in [1.807, 2.05) is 0 Å². The Labute approximate surface area is 144 Å². The second kappa shape index (κ2) is 7.37. The highest BCUT2D eigenvalue weighted by molar-refractivity contribution is 5.98. The van der Waals surface area contributed by atoms with Gasteiger partial charge in [0.2, 0.25) is 0 Å². The van der Waals surface area contributed by atoms with E-state index in [2.05, 4.69) is 5.32 Å². The Morgan fingerprint density at radius 2 is 2.00 bits per heavy atom. The van der Waals surface area contributed by atoms with Gasteiger partial charge < -0.3 is 19.5 Å². The summed E-state index contributed by atoms with van der Waals surface area (Å²) < 4.78 is 15.7. The summed E-state index contributed by atoms with van der Waals surface area (Å²) in [4.78, 5) is 33.7. The summed E-state index contributed by atoms with van der Waals surface area (Å²) in [6.45, 7) is 3.31.